The molecule has 2 rings (SSSR count). The van der Waals surface area contributed by atoms with E-state index in [1.54, 1.807) is 6.07 Å². The molecule has 0 heterocycles. The zero-order chi connectivity index (χ0) is 20.5. The maximum absolute atomic E-state index is 12.4. The van der Waals surface area contributed by atoms with E-state index < -0.39 is 4.92 Å². The van der Waals surface area contributed by atoms with Crippen molar-refractivity contribution in [1.82, 2.24) is 4.90 Å². The van der Waals surface area contributed by atoms with Gasteiger partial charge >= 0.3 is 0 Å². The van der Waals surface area contributed by atoms with Gasteiger partial charge in [0.25, 0.3) is 11.6 Å². The second-order valence-corrected chi connectivity index (χ2v) is 6.22. The van der Waals surface area contributed by atoms with Crippen LogP contribution in [-0.4, -0.2) is 41.3 Å². The monoisotopic (exact) mass is 385 g/mol. The highest BCUT2D eigenvalue weighted by atomic mass is 16.6. The van der Waals surface area contributed by atoms with Crippen molar-refractivity contribution >= 4 is 23.2 Å². The highest BCUT2D eigenvalue weighted by Gasteiger charge is 2.18. The van der Waals surface area contributed by atoms with Gasteiger partial charge < -0.3 is 15.0 Å². The third-order valence-electron chi connectivity index (χ3n) is 4.01. The Morgan fingerprint density at radius 2 is 1.82 bits per heavy atom. The van der Waals surface area contributed by atoms with Crippen LogP contribution in [0.5, 0.6) is 5.75 Å². The molecule has 2 aromatic rings. The molecule has 2 aromatic carbocycles. The molecule has 1 N–H and O–H groups in total. The SMILES string of the molecule is CCCN(CC(=O)Nc1ccccc1C)C(=O)COc1ccc([N+](=O)[O-])cc1. The average Bonchev–Trinajstić information content (AvgIpc) is 2.68. The standard InChI is InChI=1S/C20H23N3O5/c1-3-12-22(13-19(24)21-18-7-5-4-6-15(18)2)20(25)14-28-17-10-8-16(9-11-17)23(26)27/h4-11H,3,12-14H2,1-2H3,(H,21,24). The van der Waals surface area contributed by atoms with E-state index in [9.17, 15) is 19.7 Å². The predicted octanol–water partition coefficient (Wildman–Crippen LogP) is 3.16. The smallest absolute Gasteiger partial charge is 0.269 e. The van der Waals surface area contributed by atoms with E-state index in [-0.39, 0.29) is 30.7 Å². The van der Waals surface area contributed by atoms with Gasteiger partial charge in [-0.15, -0.1) is 0 Å². The Hall–Kier alpha value is -3.42. The number of carbonyl (C=O) groups is 2. The third kappa shape index (κ3) is 6.08. The van der Waals surface area contributed by atoms with E-state index in [1.807, 2.05) is 32.0 Å². The summed E-state index contributed by atoms with van der Waals surface area (Å²) in [5.41, 5.74) is 1.59. The van der Waals surface area contributed by atoms with Gasteiger partial charge in [-0.05, 0) is 37.1 Å². The summed E-state index contributed by atoms with van der Waals surface area (Å²) in [7, 11) is 0. The minimum atomic E-state index is -0.509. The lowest BCUT2D eigenvalue weighted by Gasteiger charge is -2.22. The van der Waals surface area contributed by atoms with Gasteiger partial charge in [-0.3, -0.25) is 19.7 Å². The number of aryl methyl sites for hydroxylation is 1. The average molecular weight is 385 g/mol. The second kappa shape index (κ2) is 10.1. The van der Waals surface area contributed by atoms with Gasteiger partial charge in [0.1, 0.15) is 5.75 Å². The van der Waals surface area contributed by atoms with Crippen molar-refractivity contribution in [1.29, 1.82) is 0 Å². The molecule has 0 aromatic heterocycles. The van der Waals surface area contributed by atoms with E-state index >= 15 is 0 Å². The molecule has 0 aliphatic heterocycles. The van der Waals surface area contributed by atoms with Crippen molar-refractivity contribution in [2.75, 3.05) is 25.0 Å². The fourth-order valence-electron chi connectivity index (χ4n) is 2.54. The summed E-state index contributed by atoms with van der Waals surface area (Å²) in [6.45, 7) is 3.89. The van der Waals surface area contributed by atoms with Crippen molar-refractivity contribution in [2.45, 2.75) is 20.3 Å². The number of para-hydroxylation sites is 1. The van der Waals surface area contributed by atoms with Crippen LogP contribution in [0.4, 0.5) is 11.4 Å². The van der Waals surface area contributed by atoms with Crippen molar-refractivity contribution in [2.24, 2.45) is 0 Å². The molecular formula is C20H23N3O5. The first-order valence-corrected chi connectivity index (χ1v) is 8.91. The lowest BCUT2D eigenvalue weighted by atomic mass is 10.2. The van der Waals surface area contributed by atoms with Crippen molar-refractivity contribution < 1.29 is 19.2 Å². The molecule has 0 radical (unpaired) electrons. The summed E-state index contributed by atoms with van der Waals surface area (Å²) in [5, 5.41) is 13.5. The Morgan fingerprint density at radius 1 is 1.14 bits per heavy atom. The van der Waals surface area contributed by atoms with Gasteiger partial charge in [-0.25, -0.2) is 0 Å². The number of nitro benzene ring substituents is 1. The Balaban J connectivity index is 1.92. The number of nitro groups is 1. The van der Waals surface area contributed by atoms with Crippen LogP contribution in [0, 0.1) is 17.0 Å². The number of carbonyl (C=O) groups excluding carboxylic acids is 2. The summed E-state index contributed by atoms with van der Waals surface area (Å²) in [6, 6.07) is 12.9. The normalized spacial score (nSPS) is 10.2. The molecule has 0 saturated carbocycles. The Bertz CT molecular complexity index is 836. The second-order valence-electron chi connectivity index (χ2n) is 6.22. The van der Waals surface area contributed by atoms with Crippen LogP contribution in [0.15, 0.2) is 48.5 Å². The van der Waals surface area contributed by atoms with E-state index in [2.05, 4.69) is 5.32 Å². The zero-order valence-corrected chi connectivity index (χ0v) is 15.9. The molecule has 0 spiro atoms. The van der Waals surface area contributed by atoms with Crippen molar-refractivity contribution in [3.8, 4) is 5.75 Å². The Labute approximate surface area is 163 Å². The topological polar surface area (TPSA) is 102 Å². The predicted molar refractivity (Wildman–Crippen MR) is 105 cm³/mol. The minimum Gasteiger partial charge on any atom is -0.484 e. The number of hydrogen-bond acceptors (Lipinski definition) is 5. The molecule has 28 heavy (non-hydrogen) atoms. The van der Waals surface area contributed by atoms with Gasteiger partial charge in [0.15, 0.2) is 6.61 Å². The molecule has 0 saturated heterocycles. The van der Waals surface area contributed by atoms with Crippen molar-refractivity contribution in [3.05, 3.63) is 64.2 Å². The maximum Gasteiger partial charge on any atom is 0.269 e. The van der Waals surface area contributed by atoms with E-state index in [1.165, 1.54) is 29.2 Å². The van der Waals surface area contributed by atoms with Gasteiger partial charge in [-0.2, -0.15) is 0 Å². The molecule has 2 amide bonds. The molecule has 8 nitrogen and oxygen atoms in total. The lowest BCUT2D eigenvalue weighted by Crippen LogP contribution is -2.41. The molecule has 8 heteroatoms. The third-order valence-corrected chi connectivity index (χ3v) is 4.01. The van der Waals surface area contributed by atoms with E-state index in [4.69, 9.17) is 4.74 Å². The highest BCUT2D eigenvalue weighted by molar-refractivity contribution is 5.95. The number of rotatable bonds is 9. The summed E-state index contributed by atoms with van der Waals surface area (Å²) in [5.74, 6) is -0.272. The van der Waals surface area contributed by atoms with Crippen LogP contribution in [0.1, 0.15) is 18.9 Å². The molecule has 0 aliphatic carbocycles. The number of benzene rings is 2. The van der Waals surface area contributed by atoms with Gasteiger partial charge in [0.2, 0.25) is 5.91 Å². The molecule has 148 valence electrons. The number of ether oxygens (including phenoxy) is 1. The summed E-state index contributed by atoms with van der Waals surface area (Å²) in [6.07, 6.45) is 0.695. The molecule has 0 bridgehead atoms. The van der Waals surface area contributed by atoms with Crippen LogP contribution in [0.2, 0.25) is 0 Å². The number of nitrogens with zero attached hydrogens (tertiary/aromatic N) is 2. The van der Waals surface area contributed by atoms with Crippen LogP contribution in [-0.2, 0) is 9.59 Å². The van der Waals surface area contributed by atoms with Gasteiger partial charge in [0.05, 0.1) is 11.5 Å². The van der Waals surface area contributed by atoms with Crippen LogP contribution >= 0.6 is 0 Å². The zero-order valence-electron chi connectivity index (χ0n) is 15.9. The first-order valence-electron chi connectivity index (χ1n) is 8.91. The number of nitrogens with one attached hydrogen (secondary N) is 1. The Kier molecular flexibility index (Phi) is 7.50. The molecule has 0 atom stereocenters. The van der Waals surface area contributed by atoms with Crippen LogP contribution < -0.4 is 10.1 Å². The lowest BCUT2D eigenvalue weighted by molar-refractivity contribution is -0.384. The highest BCUT2D eigenvalue weighted by Crippen LogP contribution is 2.17. The summed E-state index contributed by atoms with van der Waals surface area (Å²) in [4.78, 5) is 36.4. The fourth-order valence-corrected chi connectivity index (χ4v) is 2.54. The fraction of sp³-hybridized carbons (Fsp3) is 0.300. The molecule has 0 unspecified atom stereocenters. The minimum absolute atomic E-state index is 0.0563. The van der Waals surface area contributed by atoms with Crippen LogP contribution in [0.25, 0.3) is 0 Å². The molecular weight excluding hydrogens is 362 g/mol. The summed E-state index contributed by atoms with van der Waals surface area (Å²) < 4.78 is 5.40. The van der Waals surface area contributed by atoms with E-state index in [0.29, 0.717) is 24.4 Å². The number of hydrogen-bond donors (Lipinski definition) is 1. The number of anilines is 1. The van der Waals surface area contributed by atoms with E-state index in [0.717, 1.165) is 5.56 Å². The number of non-ortho nitro benzene ring substituents is 1. The number of amides is 2. The quantitative estimate of drug-likeness (QED) is 0.528. The first kappa shape index (κ1) is 20.9. The first-order chi connectivity index (χ1) is 13.4. The van der Waals surface area contributed by atoms with Crippen molar-refractivity contribution in [3.63, 3.8) is 0 Å². The maximum atomic E-state index is 12.4. The van der Waals surface area contributed by atoms with Crippen LogP contribution in [0.3, 0.4) is 0 Å². The van der Waals surface area contributed by atoms with Gasteiger partial charge in [0, 0.05) is 24.4 Å². The largest absolute Gasteiger partial charge is 0.484 e. The Morgan fingerprint density at radius 3 is 2.43 bits per heavy atom. The molecule has 0 fully saturated rings. The van der Waals surface area contributed by atoms with Gasteiger partial charge in [-0.1, -0.05) is 25.1 Å². The summed E-state index contributed by atoms with van der Waals surface area (Å²) >= 11 is 0. The molecule has 0 aliphatic rings.